The third kappa shape index (κ3) is 2.87. The van der Waals surface area contributed by atoms with Gasteiger partial charge in [0, 0.05) is 0 Å². The Morgan fingerprint density at radius 3 is 1.59 bits per heavy atom. The van der Waals surface area contributed by atoms with Gasteiger partial charge in [-0.25, -0.2) is 6.57 Å². The van der Waals surface area contributed by atoms with Gasteiger partial charge in [-0.3, -0.25) is 0 Å². The highest BCUT2D eigenvalue weighted by atomic mass is 15.6. The minimum absolute atomic E-state index is 0.106. The molecule has 1 heterocycles. The first-order valence-electron chi connectivity index (χ1n) is 8.65. The van der Waals surface area contributed by atoms with E-state index in [9.17, 15) is 0 Å². The molecule has 4 aromatic rings. The van der Waals surface area contributed by atoms with Crippen LogP contribution < -0.4 is 0 Å². The normalized spacial score (nSPS) is 11.1. The summed E-state index contributed by atoms with van der Waals surface area (Å²) in [5.74, 6) is 0.414. The van der Waals surface area contributed by atoms with Crippen LogP contribution in [-0.2, 0) is 12.1 Å². The molecule has 0 aliphatic rings. The highest BCUT2D eigenvalue weighted by Gasteiger charge is 2.41. The van der Waals surface area contributed by atoms with Gasteiger partial charge in [-0.05, 0) is 21.9 Å². The van der Waals surface area contributed by atoms with Gasteiger partial charge < -0.3 is 4.85 Å². The minimum atomic E-state index is -0.781. The van der Waals surface area contributed by atoms with Gasteiger partial charge in [0.15, 0.2) is 5.54 Å². The highest BCUT2D eigenvalue weighted by Crippen LogP contribution is 2.39. The molecule has 0 spiro atoms. The second-order valence-electron chi connectivity index (χ2n) is 6.12. The number of tetrazole rings is 1. The van der Waals surface area contributed by atoms with Gasteiger partial charge in [-0.2, -0.15) is 0 Å². The molecule has 0 atom stereocenters. The van der Waals surface area contributed by atoms with Gasteiger partial charge in [0.1, 0.15) is 0 Å². The van der Waals surface area contributed by atoms with Gasteiger partial charge in [0.25, 0.3) is 12.4 Å². The Balaban J connectivity index is 2.08. The van der Waals surface area contributed by atoms with Crippen molar-refractivity contribution in [3.8, 4) is 0 Å². The van der Waals surface area contributed by atoms with E-state index in [1.54, 1.807) is 4.80 Å². The first-order chi connectivity index (χ1) is 13.4. The molecule has 3 aromatic carbocycles. The summed E-state index contributed by atoms with van der Waals surface area (Å²) in [6.07, 6.45) is 0. The van der Waals surface area contributed by atoms with Crippen molar-refractivity contribution >= 4 is 0 Å². The molecule has 5 nitrogen and oxygen atoms in total. The zero-order valence-corrected chi connectivity index (χ0v) is 14.6. The van der Waals surface area contributed by atoms with Crippen molar-refractivity contribution in [3.05, 3.63) is 125 Å². The maximum absolute atomic E-state index is 7.11. The molecule has 5 heteroatoms. The Kier molecular flexibility index (Phi) is 4.46. The summed E-state index contributed by atoms with van der Waals surface area (Å²) in [6.45, 7) is 7.21. The van der Waals surface area contributed by atoms with Crippen LogP contribution >= 0.6 is 0 Å². The molecule has 0 aliphatic carbocycles. The molecule has 0 saturated heterocycles. The van der Waals surface area contributed by atoms with E-state index in [2.05, 4.69) is 56.7 Å². The maximum atomic E-state index is 7.11. The van der Waals surface area contributed by atoms with Crippen molar-refractivity contribution in [3.63, 3.8) is 0 Å². The standard InChI is InChI=1S/C22H17N5/c1-23-17-21-24-26-27(25-21)22(18-11-5-2-6-12-18,19-13-7-3-8-14-19)20-15-9-4-10-16-20/h2-16H,17H2. The third-order valence-corrected chi connectivity index (χ3v) is 4.55. The molecule has 0 saturated carbocycles. The number of hydrogen-bond donors (Lipinski definition) is 0. The summed E-state index contributed by atoms with van der Waals surface area (Å²) in [5.41, 5.74) is 2.29. The van der Waals surface area contributed by atoms with Gasteiger partial charge in [0.05, 0.1) is 0 Å². The minimum Gasteiger partial charge on any atom is -0.308 e. The number of hydrogen-bond acceptors (Lipinski definition) is 3. The van der Waals surface area contributed by atoms with Crippen LogP contribution in [0, 0.1) is 6.57 Å². The Hall–Kier alpha value is -3.78. The highest BCUT2D eigenvalue weighted by molar-refractivity contribution is 5.49. The number of nitrogens with zero attached hydrogens (tertiary/aromatic N) is 5. The summed E-state index contributed by atoms with van der Waals surface area (Å²) in [4.78, 5) is 5.02. The Bertz CT molecular complexity index is 953. The molecular formula is C22H17N5. The van der Waals surface area contributed by atoms with Crippen molar-refractivity contribution < 1.29 is 0 Å². The zero-order chi connectivity index (χ0) is 18.5. The van der Waals surface area contributed by atoms with Crippen LogP contribution in [0.2, 0.25) is 0 Å². The largest absolute Gasteiger partial charge is 0.308 e. The van der Waals surface area contributed by atoms with E-state index in [1.165, 1.54) is 0 Å². The lowest BCUT2D eigenvalue weighted by molar-refractivity contribution is 0.394. The van der Waals surface area contributed by atoms with E-state index in [0.29, 0.717) is 5.82 Å². The molecule has 27 heavy (non-hydrogen) atoms. The molecule has 0 bridgehead atoms. The number of rotatable bonds is 5. The lowest BCUT2D eigenvalue weighted by Crippen LogP contribution is -2.39. The molecule has 0 amide bonds. The lowest BCUT2D eigenvalue weighted by atomic mass is 9.77. The van der Waals surface area contributed by atoms with Gasteiger partial charge in [-0.1, -0.05) is 91.0 Å². The quantitative estimate of drug-likeness (QED) is 0.404. The van der Waals surface area contributed by atoms with Gasteiger partial charge >= 0.3 is 0 Å². The Morgan fingerprint density at radius 1 is 0.741 bits per heavy atom. The number of aromatic nitrogens is 4. The van der Waals surface area contributed by atoms with Crippen LogP contribution in [0.15, 0.2) is 91.0 Å². The second-order valence-corrected chi connectivity index (χ2v) is 6.12. The fourth-order valence-electron chi connectivity index (χ4n) is 3.40. The van der Waals surface area contributed by atoms with E-state index in [0.717, 1.165) is 16.7 Å². The summed E-state index contributed by atoms with van der Waals surface area (Å²) in [7, 11) is 0. The zero-order valence-electron chi connectivity index (χ0n) is 14.6. The average Bonchev–Trinajstić information content (AvgIpc) is 3.20. The molecule has 4 rings (SSSR count). The maximum Gasteiger partial charge on any atom is 0.277 e. The summed E-state index contributed by atoms with van der Waals surface area (Å²) in [5, 5.41) is 13.1. The molecule has 0 fully saturated rings. The first kappa shape index (κ1) is 16.7. The van der Waals surface area contributed by atoms with E-state index >= 15 is 0 Å². The van der Waals surface area contributed by atoms with Gasteiger partial charge in [-0.15, -0.1) is 15.0 Å². The second kappa shape index (κ2) is 7.22. The van der Waals surface area contributed by atoms with Crippen molar-refractivity contribution in [2.45, 2.75) is 12.1 Å². The fourth-order valence-corrected chi connectivity index (χ4v) is 3.40. The summed E-state index contributed by atoms with van der Waals surface area (Å²) >= 11 is 0. The average molecular weight is 351 g/mol. The van der Waals surface area contributed by atoms with Crippen LogP contribution in [-0.4, -0.2) is 20.2 Å². The van der Waals surface area contributed by atoms with Crippen LogP contribution in [0.1, 0.15) is 22.5 Å². The van der Waals surface area contributed by atoms with Gasteiger partial charge in [0.2, 0.25) is 0 Å². The van der Waals surface area contributed by atoms with E-state index in [-0.39, 0.29) is 6.54 Å². The van der Waals surface area contributed by atoms with Crippen LogP contribution in [0.3, 0.4) is 0 Å². The molecular weight excluding hydrogens is 334 g/mol. The van der Waals surface area contributed by atoms with Crippen molar-refractivity contribution in [1.82, 2.24) is 20.2 Å². The van der Waals surface area contributed by atoms with Crippen molar-refractivity contribution in [1.29, 1.82) is 0 Å². The predicted molar refractivity (Wildman–Crippen MR) is 103 cm³/mol. The van der Waals surface area contributed by atoms with E-state index in [1.807, 2.05) is 54.6 Å². The Labute approximate surface area is 157 Å². The van der Waals surface area contributed by atoms with Crippen LogP contribution in [0.25, 0.3) is 4.85 Å². The SMILES string of the molecule is [C-]#[N+]Cc1nnn(C(c2ccccc2)(c2ccccc2)c2ccccc2)n1. The first-order valence-corrected chi connectivity index (χ1v) is 8.65. The molecule has 0 aliphatic heterocycles. The molecule has 0 N–H and O–H groups in total. The third-order valence-electron chi connectivity index (χ3n) is 4.55. The number of benzene rings is 3. The smallest absolute Gasteiger partial charge is 0.277 e. The Morgan fingerprint density at radius 2 is 1.19 bits per heavy atom. The van der Waals surface area contributed by atoms with Crippen LogP contribution in [0.5, 0.6) is 0 Å². The summed E-state index contributed by atoms with van der Waals surface area (Å²) < 4.78 is 0. The monoisotopic (exact) mass is 351 g/mol. The summed E-state index contributed by atoms with van der Waals surface area (Å²) in [6, 6.07) is 30.4. The predicted octanol–water partition coefficient (Wildman–Crippen LogP) is 3.93. The van der Waals surface area contributed by atoms with Crippen molar-refractivity contribution in [2.75, 3.05) is 0 Å². The fraction of sp³-hybridized carbons (Fsp3) is 0.0909. The molecule has 0 radical (unpaired) electrons. The van der Waals surface area contributed by atoms with E-state index < -0.39 is 5.54 Å². The lowest BCUT2D eigenvalue weighted by Gasteiger charge is -2.34. The molecule has 0 unspecified atom stereocenters. The van der Waals surface area contributed by atoms with Crippen LogP contribution in [0.4, 0.5) is 0 Å². The topological polar surface area (TPSA) is 48.0 Å². The molecule has 130 valence electrons. The van der Waals surface area contributed by atoms with Crippen molar-refractivity contribution in [2.24, 2.45) is 0 Å². The molecule has 1 aromatic heterocycles. The van der Waals surface area contributed by atoms with E-state index in [4.69, 9.17) is 6.57 Å².